The van der Waals surface area contributed by atoms with Gasteiger partial charge >= 0.3 is 5.97 Å². The maximum atomic E-state index is 11.6. The maximum Gasteiger partial charge on any atom is 0.332 e. The van der Waals surface area contributed by atoms with Crippen LogP contribution in [0.3, 0.4) is 0 Å². The smallest absolute Gasteiger partial charge is 0.332 e. The van der Waals surface area contributed by atoms with E-state index in [-0.39, 0.29) is 5.75 Å². The van der Waals surface area contributed by atoms with Crippen LogP contribution < -0.4 is 9.47 Å². The molecule has 0 saturated heterocycles. The Labute approximate surface area is 209 Å². The highest BCUT2D eigenvalue weighted by Gasteiger charge is 2.39. The predicted molar refractivity (Wildman–Crippen MR) is 141 cm³/mol. The highest BCUT2D eigenvalue weighted by Crippen LogP contribution is 2.40. The number of aliphatic carboxylic acids is 1. The molecule has 6 nitrogen and oxygen atoms in total. The third kappa shape index (κ3) is 9.05. The zero-order valence-corrected chi connectivity index (χ0v) is 22.1. The van der Waals surface area contributed by atoms with Crippen molar-refractivity contribution in [3.8, 4) is 17.2 Å². The molecule has 0 unspecified atom stereocenters. The summed E-state index contributed by atoms with van der Waals surface area (Å²) < 4.78 is 12.1. The Bertz CT molecular complexity index is 797. The summed E-state index contributed by atoms with van der Waals surface area (Å²) in [4.78, 5) is 16.0. The Morgan fingerprint density at radius 3 is 1.91 bits per heavy atom. The number of carbonyl (C=O) groups is 1. The van der Waals surface area contributed by atoms with Gasteiger partial charge in [0.05, 0.1) is 18.8 Å². The minimum atomic E-state index is -1.18. The van der Waals surface area contributed by atoms with Gasteiger partial charge in [-0.2, -0.15) is 0 Å². The number of benzene rings is 1. The molecule has 1 aromatic carbocycles. The van der Waals surface area contributed by atoms with E-state index in [2.05, 4.69) is 18.8 Å². The molecule has 1 aromatic rings. The monoisotopic (exact) mass is 493 g/mol. The summed E-state index contributed by atoms with van der Waals surface area (Å²) in [5.74, 6) is 0.519. The van der Waals surface area contributed by atoms with Gasteiger partial charge in [-0.25, -0.2) is 4.79 Å². The maximum absolute atomic E-state index is 11.6. The van der Waals surface area contributed by atoms with E-state index in [0.717, 1.165) is 25.7 Å². The normalized spacial score (nSPS) is 17.6. The van der Waals surface area contributed by atoms with E-state index >= 15 is 0 Å². The van der Waals surface area contributed by atoms with E-state index in [4.69, 9.17) is 9.47 Å². The fraction of sp³-hybridized carbons (Fsp3) is 0.704. The van der Waals surface area contributed by atoms with Gasteiger partial charge in [0, 0.05) is 11.8 Å². The number of nitrogens with zero attached hydrogens (tertiary/aromatic N) is 1. The number of rotatable bonds is 18. The molecule has 0 fully saturated rings. The molecule has 0 radical (unpaired) electrons. The van der Waals surface area contributed by atoms with Crippen molar-refractivity contribution in [2.75, 3.05) is 19.0 Å². The van der Waals surface area contributed by atoms with Crippen molar-refractivity contribution < 1.29 is 24.5 Å². The number of carboxylic acids is 1. The molecule has 0 bridgehead atoms. The Kier molecular flexibility index (Phi) is 12.7. The quantitative estimate of drug-likeness (QED) is 0.210. The van der Waals surface area contributed by atoms with Gasteiger partial charge in [0.25, 0.3) is 0 Å². The number of carboxylic acid groups (broad SMARTS) is 1. The molecule has 2 rings (SSSR count). The van der Waals surface area contributed by atoms with Crippen LogP contribution in [0.1, 0.15) is 103 Å². The summed E-state index contributed by atoms with van der Waals surface area (Å²) in [5.41, 5.74) is -0.682. The van der Waals surface area contributed by atoms with Gasteiger partial charge in [-0.15, -0.1) is 11.8 Å². The lowest BCUT2D eigenvalue weighted by atomic mass is 10.1. The molecule has 1 heterocycles. The fourth-order valence-electron chi connectivity index (χ4n) is 3.82. The number of ether oxygens (including phenoxy) is 2. The van der Waals surface area contributed by atoms with Crippen molar-refractivity contribution >= 4 is 22.8 Å². The van der Waals surface area contributed by atoms with Crippen LogP contribution in [0.15, 0.2) is 17.1 Å². The third-order valence-corrected chi connectivity index (χ3v) is 7.39. The van der Waals surface area contributed by atoms with Crippen molar-refractivity contribution in [2.24, 2.45) is 4.99 Å². The van der Waals surface area contributed by atoms with Crippen LogP contribution in [-0.2, 0) is 4.79 Å². The number of aliphatic imine (C=N–C) groups is 1. The summed E-state index contributed by atoms with van der Waals surface area (Å²) in [6.45, 7) is 7.18. The second kappa shape index (κ2) is 15.2. The summed E-state index contributed by atoms with van der Waals surface area (Å²) in [6, 6.07) is 3.34. The molecule has 0 aromatic heterocycles. The van der Waals surface area contributed by atoms with Gasteiger partial charge in [-0.1, -0.05) is 78.1 Å². The Hall–Kier alpha value is -1.89. The standard InChI is InChI=1S/C27H43NO5S/c1-4-6-8-10-12-14-16-32-23-18-21(25-28-27(3,20-34-25)26(30)31)22(29)19-24(23)33-17-15-13-11-9-7-5-2/h18-19,29H,4-17,20H2,1-3H3,(H,30,31)/t27-/m1/s1. The summed E-state index contributed by atoms with van der Waals surface area (Å²) in [5, 5.41) is 20.7. The van der Waals surface area contributed by atoms with Crippen molar-refractivity contribution in [3.05, 3.63) is 17.7 Å². The summed E-state index contributed by atoms with van der Waals surface area (Å²) in [7, 11) is 0. The average molecular weight is 494 g/mol. The second-order valence-electron chi connectivity index (χ2n) is 9.33. The molecule has 7 heteroatoms. The first-order chi connectivity index (χ1) is 16.4. The third-order valence-electron chi connectivity index (χ3n) is 6.10. The van der Waals surface area contributed by atoms with Gasteiger partial charge < -0.3 is 19.7 Å². The van der Waals surface area contributed by atoms with Crippen LogP contribution in [0.5, 0.6) is 17.2 Å². The molecular weight excluding hydrogens is 450 g/mol. The average Bonchev–Trinajstić information content (AvgIpc) is 3.22. The molecule has 0 aliphatic carbocycles. The van der Waals surface area contributed by atoms with E-state index in [9.17, 15) is 15.0 Å². The van der Waals surface area contributed by atoms with E-state index in [1.54, 1.807) is 19.1 Å². The van der Waals surface area contributed by atoms with Gasteiger partial charge in [-0.05, 0) is 25.8 Å². The number of aromatic hydroxyl groups is 1. The zero-order valence-electron chi connectivity index (χ0n) is 21.2. The molecule has 1 aliphatic heterocycles. The lowest BCUT2D eigenvalue weighted by molar-refractivity contribution is -0.141. The first kappa shape index (κ1) is 28.3. The first-order valence-corrected chi connectivity index (χ1v) is 14.0. The van der Waals surface area contributed by atoms with Gasteiger partial charge in [-0.3, -0.25) is 4.99 Å². The SMILES string of the molecule is CCCCCCCCOc1cc(O)c(C2=N[C@@](C)(C(=O)O)CS2)cc1OCCCCCCCC. The van der Waals surface area contributed by atoms with Gasteiger partial charge in [0.1, 0.15) is 10.8 Å². The molecule has 1 atom stereocenters. The van der Waals surface area contributed by atoms with Crippen molar-refractivity contribution in [1.29, 1.82) is 0 Å². The van der Waals surface area contributed by atoms with Crippen LogP contribution in [-0.4, -0.2) is 45.7 Å². The number of unbranched alkanes of at least 4 members (excludes halogenated alkanes) is 10. The summed E-state index contributed by atoms with van der Waals surface area (Å²) >= 11 is 1.34. The first-order valence-electron chi connectivity index (χ1n) is 13.0. The molecule has 0 amide bonds. The second-order valence-corrected chi connectivity index (χ2v) is 10.3. The van der Waals surface area contributed by atoms with Crippen LogP contribution in [0, 0.1) is 0 Å². The van der Waals surface area contributed by atoms with Crippen LogP contribution >= 0.6 is 11.8 Å². The number of thioether (sulfide) groups is 1. The van der Waals surface area contributed by atoms with Crippen molar-refractivity contribution in [1.82, 2.24) is 0 Å². The van der Waals surface area contributed by atoms with Crippen molar-refractivity contribution in [2.45, 2.75) is 103 Å². The minimum absolute atomic E-state index is 0.0331. The lowest BCUT2D eigenvalue weighted by Gasteiger charge is -2.16. The van der Waals surface area contributed by atoms with Gasteiger partial charge in [0.15, 0.2) is 17.0 Å². The number of hydrogen-bond donors (Lipinski definition) is 2. The summed E-state index contributed by atoms with van der Waals surface area (Å²) in [6.07, 6.45) is 14.1. The lowest BCUT2D eigenvalue weighted by Crippen LogP contribution is -2.33. The topological polar surface area (TPSA) is 88.4 Å². The van der Waals surface area contributed by atoms with Crippen LogP contribution in [0.25, 0.3) is 0 Å². The predicted octanol–water partition coefficient (Wildman–Crippen LogP) is 7.21. The molecule has 2 N–H and O–H groups in total. The van der Waals surface area contributed by atoms with Gasteiger partial charge in [0.2, 0.25) is 0 Å². The number of hydrogen-bond acceptors (Lipinski definition) is 6. The van der Waals surface area contributed by atoms with E-state index in [0.29, 0.717) is 41.1 Å². The zero-order chi connectivity index (χ0) is 24.8. The van der Waals surface area contributed by atoms with Crippen LogP contribution in [0.4, 0.5) is 0 Å². The molecular formula is C27H43NO5S. The minimum Gasteiger partial charge on any atom is -0.507 e. The molecule has 192 valence electrons. The Morgan fingerprint density at radius 2 is 1.41 bits per heavy atom. The fourth-order valence-corrected chi connectivity index (χ4v) is 5.01. The van der Waals surface area contributed by atoms with Crippen LogP contribution in [0.2, 0.25) is 0 Å². The highest BCUT2D eigenvalue weighted by atomic mass is 32.2. The molecule has 1 aliphatic rings. The Balaban J connectivity index is 2.05. The number of phenols is 1. The van der Waals surface area contributed by atoms with Crippen molar-refractivity contribution in [3.63, 3.8) is 0 Å². The van der Waals surface area contributed by atoms with E-state index in [1.165, 1.54) is 63.1 Å². The van der Waals surface area contributed by atoms with E-state index < -0.39 is 11.5 Å². The highest BCUT2D eigenvalue weighted by molar-refractivity contribution is 8.14. The number of phenolic OH excluding ortho intramolecular Hbond substituents is 1. The molecule has 34 heavy (non-hydrogen) atoms. The Morgan fingerprint density at radius 1 is 0.912 bits per heavy atom. The van der Waals surface area contributed by atoms with E-state index in [1.807, 2.05) is 0 Å². The largest absolute Gasteiger partial charge is 0.507 e. The molecule has 0 saturated carbocycles. The molecule has 0 spiro atoms.